The summed E-state index contributed by atoms with van der Waals surface area (Å²) in [6, 6.07) is 17.4. The Morgan fingerprint density at radius 3 is 2.05 bits per heavy atom. The van der Waals surface area contributed by atoms with Crippen molar-refractivity contribution in [2.45, 2.75) is 6.16 Å². The van der Waals surface area contributed by atoms with Crippen LogP contribution in [-0.4, -0.2) is 18.3 Å². The standard InChI is InChI=1S/C15H17NO2P.BrH/c1-19(2,15-6-4-3-5-7-15)12-13-8-10-14(11-9-13)16(17)18;/h3-11H,12H2,1-2H3;1H/q+1;/p-1. The van der Waals surface area contributed by atoms with E-state index in [1.165, 1.54) is 5.30 Å². The van der Waals surface area contributed by atoms with Gasteiger partial charge in [-0.1, -0.05) is 18.2 Å². The van der Waals surface area contributed by atoms with E-state index in [2.05, 4.69) is 37.6 Å². The summed E-state index contributed by atoms with van der Waals surface area (Å²) in [7, 11) is -1.23. The van der Waals surface area contributed by atoms with Crippen LogP contribution in [0.25, 0.3) is 0 Å². The second kappa shape index (κ2) is 6.96. The smallest absolute Gasteiger partial charge is 0.269 e. The molecule has 0 aliphatic carbocycles. The molecule has 0 aliphatic heterocycles. The lowest BCUT2D eigenvalue weighted by atomic mass is 10.2. The maximum Gasteiger partial charge on any atom is 0.269 e. The van der Waals surface area contributed by atoms with Crippen molar-refractivity contribution < 1.29 is 21.9 Å². The Bertz CT molecular complexity index is 570. The van der Waals surface area contributed by atoms with Crippen molar-refractivity contribution in [2.75, 3.05) is 13.3 Å². The molecule has 0 saturated carbocycles. The highest BCUT2D eigenvalue weighted by Gasteiger charge is 2.28. The third-order valence-electron chi connectivity index (χ3n) is 3.18. The molecule has 0 saturated heterocycles. The van der Waals surface area contributed by atoms with E-state index in [0.29, 0.717) is 0 Å². The highest BCUT2D eigenvalue weighted by Crippen LogP contribution is 2.52. The number of halogens is 1. The van der Waals surface area contributed by atoms with Crippen LogP contribution in [0.15, 0.2) is 54.6 Å². The Labute approximate surface area is 130 Å². The van der Waals surface area contributed by atoms with E-state index in [0.717, 1.165) is 11.7 Å². The summed E-state index contributed by atoms with van der Waals surface area (Å²) >= 11 is 0. The van der Waals surface area contributed by atoms with E-state index in [1.807, 2.05) is 18.2 Å². The van der Waals surface area contributed by atoms with Crippen molar-refractivity contribution in [1.29, 1.82) is 0 Å². The van der Waals surface area contributed by atoms with Crippen molar-refractivity contribution >= 4 is 18.3 Å². The molecule has 5 heteroatoms. The van der Waals surface area contributed by atoms with Gasteiger partial charge in [0, 0.05) is 19.4 Å². The highest BCUT2D eigenvalue weighted by atomic mass is 79.9. The number of hydrogen-bond donors (Lipinski definition) is 0. The molecule has 2 rings (SSSR count). The minimum atomic E-state index is -1.23. The van der Waals surface area contributed by atoms with Gasteiger partial charge in [0.1, 0.15) is 0 Å². The zero-order valence-electron chi connectivity index (χ0n) is 11.5. The fourth-order valence-electron chi connectivity index (χ4n) is 2.10. The summed E-state index contributed by atoms with van der Waals surface area (Å²) < 4.78 is 0. The lowest BCUT2D eigenvalue weighted by Crippen LogP contribution is -3.00. The molecule has 0 bridgehead atoms. The molecule has 2 aromatic carbocycles. The van der Waals surface area contributed by atoms with Crippen LogP contribution in [0.4, 0.5) is 5.69 Å². The topological polar surface area (TPSA) is 43.1 Å². The number of nitrogens with zero attached hydrogens (tertiary/aromatic N) is 1. The van der Waals surface area contributed by atoms with Gasteiger partial charge < -0.3 is 17.0 Å². The SMILES string of the molecule is C[P+](C)(Cc1ccc([N+](=O)[O-])cc1)c1ccccc1.[Br-]. The third kappa shape index (κ3) is 4.12. The molecular formula is C15H17BrNO2P. The van der Waals surface area contributed by atoms with Crippen LogP contribution >= 0.6 is 7.26 Å². The molecule has 20 heavy (non-hydrogen) atoms. The average Bonchev–Trinajstić information content (AvgIpc) is 2.40. The van der Waals surface area contributed by atoms with Gasteiger partial charge in [0.15, 0.2) is 0 Å². The normalized spacial score (nSPS) is 10.7. The zero-order chi connectivity index (χ0) is 13.9. The Balaban J connectivity index is 0.00000200. The van der Waals surface area contributed by atoms with Gasteiger partial charge in [-0.3, -0.25) is 10.1 Å². The van der Waals surface area contributed by atoms with Crippen LogP contribution in [0.3, 0.4) is 0 Å². The predicted octanol–water partition coefficient (Wildman–Crippen LogP) is 0.701. The lowest BCUT2D eigenvalue weighted by molar-refractivity contribution is -0.384. The van der Waals surface area contributed by atoms with Gasteiger partial charge in [0.2, 0.25) is 0 Å². The molecule has 0 heterocycles. The maximum absolute atomic E-state index is 10.6. The molecule has 2 aromatic rings. The minimum Gasteiger partial charge on any atom is -1.00 e. The second-order valence-electron chi connectivity index (χ2n) is 5.10. The van der Waals surface area contributed by atoms with Crippen LogP contribution in [0.1, 0.15) is 5.56 Å². The second-order valence-corrected chi connectivity index (χ2v) is 9.30. The monoisotopic (exact) mass is 353 g/mol. The predicted molar refractivity (Wildman–Crippen MR) is 81.6 cm³/mol. The molecular weight excluding hydrogens is 337 g/mol. The van der Waals surface area contributed by atoms with E-state index in [4.69, 9.17) is 0 Å². The first kappa shape index (κ1) is 16.8. The van der Waals surface area contributed by atoms with E-state index in [1.54, 1.807) is 12.1 Å². The largest absolute Gasteiger partial charge is 1.00 e. The number of non-ortho nitro benzene ring substituents is 1. The third-order valence-corrected chi connectivity index (χ3v) is 6.03. The van der Waals surface area contributed by atoms with Crippen LogP contribution in [0, 0.1) is 10.1 Å². The van der Waals surface area contributed by atoms with Crippen molar-refractivity contribution in [3.05, 3.63) is 70.3 Å². The molecule has 0 N–H and O–H groups in total. The van der Waals surface area contributed by atoms with E-state index >= 15 is 0 Å². The fraction of sp³-hybridized carbons (Fsp3) is 0.200. The fourth-order valence-corrected chi connectivity index (χ4v) is 4.39. The van der Waals surface area contributed by atoms with Gasteiger partial charge >= 0.3 is 0 Å². The quantitative estimate of drug-likeness (QED) is 0.461. The van der Waals surface area contributed by atoms with Crippen molar-refractivity contribution in [2.24, 2.45) is 0 Å². The van der Waals surface area contributed by atoms with Crippen LogP contribution in [-0.2, 0) is 6.16 Å². The summed E-state index contributed by atoms with van der Waals surface area (Å²) in [5.74, 6) is 0. The molecule has 0 spiro atoms. The summed E-state index contributed by atoms with van der Waals surface area (Å²) in [6.07, 6.45) is 0.967. The van der Waals surface area contributed by atoms with E-state index < -0.39 is 7.26 Å². The summed E-state index contributed by atoms with van der Waals surface area (Å²) in [5.41, 5.74) is 1.31. The molecule has 3 nitrogen and oxygen atoms in total. The number of benzene rings is 2. The molecule has 0 unspecified atom stereocenters. The van der Waals surface area contributed by atoms with Gasteiger partial charge in [-0.15, -0.1) is 0 Å². The average molecular weight is 354 g/mol. The Morgan fingerprint density at radius 2 is 1.55 bits per heavy atom. The van der Waals surface area contributed by atoms with Crippen molar-refractivity contribution in [1.82, 2.24) is 0 Å². The van der Waals surface area contributed by atoms with E-state index in [9.17, 15) is 10.1 Å². The first-order chi connectivity index (χ1) is 8.99. The van der Waals surface area contributed by atoms with Crippen molar-refractivity contribution in [3.8, 4) is 0 Å². The van der Waals surface area contributed by atoms with Gasteiger partial charge in [0.25, 0.3) is 5.69 Å². The van der Waals surface area contributed by atoms with Gasteiger partial charge in [0.05, 0.1) is 29.7 Å². The number of nitro groups is 1. The molecule has 106 valence electrons. The Morgan fingerprint density at radius 1 is 1.00 bits per heavy atom. The zero-order valence-corrected chi connectivity index (χ0v) is 14.0. The Hall–Kier alpha value is -1.25. The van der Waals surface area contributed by atoms with Gasteiger partial charge in [-0.2, -0.15) is 0 Å². The Kier molecular flexibility index (Phi) is 5.85. The first-order valence-corrected chi connectivity index (χ1v) is 8.98. The van der Waals surface area contributed by atoms with Gasteiger partial charge in [-0.05, 0) is 29.8 Å². The van der Waals surface area contributed by atoms with Crippen LogP contribution < -0.4 is 22.3 Å². The van der Waals surface area contributed by atoms with Crippen molar-refractivity contribution in [3.63, 3.8) is 0 Å². The molecule has 0 aliphatic rings. The summed E-state index contributed by atoms with van der Waals surface area (Å²) in [6.45, 7) is 4.59. The lowest BCUT2D eigenvalue weighted by Gasteiger charge is -2.17. The van der Waals surface area contributed by atoms with Crippen LogP contribution in [0.5, 0.6) is 0 Å². The molecule has 0 fully saturated rings. The summed E-state index contributed by atoms with van der Waals surface area (Å²) in [4.78, 5) is 10.3. The van der Waals surface area contributed by atoms with Crippen LogP contribution in [0.2, 0.25) is 0 Å². The molecule has 0 radical (unpaired) electrons. The maximum atomic E-state index is 10.6. The summed E-state index contributed by atoms with van der Waals surface area (Å²) in [5, 5.41) is 12.0. The number of rotatable bonds is 4. The molecule has 0 aromatic heterocycles. The van der Waals surface area contributed by atoms with E-state index in [-0.39, 0.29) is 27.6 Å². The number of nitro benzene ring substituents is 1. The van der Waals surface area contributed by atoms with Gasteiger partial charge in [-0.25, -0.2) is 0 Å². The molecule has 0 amide bonds. The number of hydrogen-bond acceptors (Lipinski definition) is 2. The highest BCUT2D eigenvalue weighted by molar-refractivity contribution is 7.80. The molecule has 0 atom stereocenters. The first-order valence-electron chi connectivity index (χ1n) is 6.11. The minimum absolute atomic E-state index is 0.